The summed E-state index contributed by atoms with van der Waals surface area (Å²) in [6.07, 6.45) is 9.73. The van der Waals surface area contributed by atoms with Gasteiger partial charge in [-0.1, -0.05) is 42.5 Å². The lowest BCUT2D eigenvalue weighted by atomic mass is 9.95. The molecule has 0 fully saturated rings. The van der Waals surface area contributed by atoms with Gasteiger partial charge in [0.2, 0.25) is 11.8 Å². The minimum atomic E-state index is -0.274. The van der Waals surface area contributed by atoms with Crippen LogP contribution < -0.4 is 20.7 Å². The molecule has 0 unspecified atom stereocenters. The van der Waals surface area contributed by atoms with E-state index in [-0.39, 0.29) is 12.0 Å². The quantitative estimate of drug-likeness (QED) is 0.200. The Balaban J connectivity index is 1.61. The highest BCUT2D eigenvalue weighted by atomic mass is 16.5. The second-order valence-corrected chi connectivity index (χ2v) is 9.58. The van der Waals surface area contributed by atoms with Gasteiger partial charge in [0, 0.05) is 66.0 Å². The lowest BCUT2D eigenvalue weighted by Crippen LogP contribution is -2.30. The lowest BCUT2D eigenvalue weighted by Gasteiger charge is -2.29. The SMILES string of the molecule is COc1cc(-c2cccc(/C=C(/[C@H](C)Nc3nc(N)ncc3-c3cccnc3)N(C)c3ccccc3)c2C=O)ccn1. The molecule has 0 aliphatic carbocycles. The number of ether oxygens (including phenoxy) is 1. The summed E-state index contributed by atoms with van der Waals surface area (Å²) in [6.45, 7) is 2.04. The molecule has 9 nitrogen and oxygen atoms in total. The van der Waals surface area contributed by atoms with Crippen LogP contribution in [-0.4, -0.2) is 46.4 Å². The Kier molecular flexibility index (Phi) is 8.48. The Hall–Kier alpha value is -5.57. The highest BCUT2D eigenvalue weighted by molar-refractivity contribution is 5.93. The molecule has 1 atom stereocenters. The monoisotopic (exact) mass is 557 g/mol. The van der Waals surface area contributed by atoms with E-state index in [2.05, 4.69) is 30.2 Å². The molecular weight excluding hydrogens is 526 g/mol. The third kappa shape index (κ3) is 6.10. The normalized spacial score (nSPS) is 11.9. The third-order valence-corrected chi connectivity index (χ3v) is 6.92. The Bertz CT molecular complexity index is 1710. The number of aromatic nitrogens is 4. The van der Waals surface area contributed by atoms with E-state index in [1.807, 2.05) is 92.8 Å². The van der Waals surface area contributed by atoms with Crippen LogP contribution in [0.5, 0.6) is 5.88 Å². The average Bonchev–Trinajstić information content (AvgIpc) is 3.04. The van der Waals surface area contributed by atoms with E-state index < -0.39 is 0 Å². The van der Waals surface area contributed by atoms with Crippen LogP contribution in [0.3, 0.4) is 0 Å². The predicted octanol–water partition coefficient (Wildman–Crippen LogP) is 5.98. The standard InChI is InChI=1S/C33H31N7O2/c1-22(38-32-28(20-37-33(34)39-32)25-10-8-15-35-19-25)30(40(2)26-11-5-4-6-12-26)17-23-9-7-13-27(29(23)21-41)24-14-16-36-31(18-24)42-3/h4-22H,1-3H3,(H3,34,37,38,39)/b30-17-/t22-/m0/s1. The van der Waals surface area contributed by atoms with Gasteiger partial charge in [-0.05, 0) is 54.0 Å². The molecule has 210 valence electrons. The fourth-order valence-corrected chi connectivity index (χ4v) is 4.77. The van der Waals surface area contributed by atoms with Gasteiger partial charge in [0.05, 0.1) is 13.2 Å². The van der Waals surface area contributed by atoms with Crippen molar-refractivity contribution < 1.29 is 9.53 Å². The summed E-state index contributed by atoms with van der Waals surface area (Å²) in [5, 5.41) is 3.54. The molecular formula is C33H31N7O2. The first kappa shape index (κ1) is 28.0. The molecule has 0 aliphatic rings. The number of carbonyl (C=O) groups excluding carboxylic acids is 1. The zero-order valence-corrected chi connectivity index (χ0v) is 23.6. The molecule has 5 aromatic rings. The number of nitrogens with two attached hydrogens (primary N) is 1. The highest BCUT2D eigenvalue weighted by Crippen LogP contribution is 2.32. The van der Waals surface area contributed by atoms with Gasteiger partial charge in [0.15, 0.2) is 6.29 Å². The molecule has 0 bridgehead atoms. The van der Waals surface area contributed by atoms with Crippen molar-refractivity contribution in [3.8, 4) is 28.1 Å². The summed E-state index contributed by atoms with van der Waals surface area (Å²) in [6, 6.07) is 23.0. The Morgan fingerprint density at radius 1 is 0.952 bits per heavy atom. The van der Waals surface area contributed by atoms with Crippen LogP contribution in [0.25, 0.3) is 28.3 Å². The number of anilines is 3. The second kappa shape index (κ2) is 12.7. The van der Waals surface area contributed by atoms with Crippen molar-refractivity contribution >= 4 is 29.8 Å². The number of methoxy groups -OCH3 is 1. The molecule has 5 rings (SSSR count). The number of nitrogens with zero attached hydrogens (tertiary/aromatic N) is 5. The average molecular weight is 558 g/mol. The van der Waals surface area contributed by atoms with E-state index in [9.17, 15) is 4.79 Å². The van der Waals surface area contributed by atoms with E-state index >= 15 is 0 Å². The number of benzene rings is 2. The van der Waals surface area contributed by atoms with Gasteiger partial charge < -0.3 is 20.7 Å². The van der Waals surface area contributed by atoms with Crippen molar-refractivity contribution in [1.82, 2.24) is 19.9 Å². The van der Waals surface area contributed by atoms with Crippen LogP contribution in [0.2, 0.25) is 0 Å². The third-order valence-electron chi connectivity index (χ3n) is 6.92. The van der Waals surface area contributed by atoms with Gasteiger partial charge in [-0.3, -0.25) is 9.78 Å². The summed E-state index contributed by atoms with van der Waals surface area (Å²) in [4.78, 5) is 31.8. The van der Waals surface area contributed by atoms with Crippen LogP contribution in [0.4, 0.5) is 17.5 Å². The fraction of sp³-hybridized carbons (Fsp3) is 0.121. The van der Waals surface area contributed by atoms with Crippen LogP contribution in [0.15, 0.2) is 103 Å². The first-order valence-electron chi connectivity index (χ1n) is 13.4. The maximum atomic E-state index is 12.6. The first-order chi connectivity index (χ1) is 20.5. The van der Waals surface area contributed by atoms with Crippen molar-refractivity contribution in [2.75, 3.05) is 30.1 Å². The Labute approximate surface area is 244 Å². The zero-order chi connectivity index (χ0) is 29.5. The maximum absolute atomic E-state index is 12.6. The van der Waals surface area contributed by atoms with Gasteiger partial charge in [-0.25, -0.2) is 9.97 Å². The van der Waals surface area contributed by atoms with Crippen molar-refractivity contribution in [3.05, 3.63) is 114 Å². The molecule has 0 aliphatic heterocycles. The van der Waals surface area contributed by atoms with E-state index in [0.717, 1.165) is 45.5 Å². The van der Waals surface area contributed by atoms with Crippen molar-refractivity contribution in [2.45, 2.75) is 13.0 Å². The molecule has 3 heterocycles. The molecule has 3 N–H and O–H groups in total. The molecule has 0 saturated carbocycles. The van der Waals surface area contributed by atoms with E-state index in [4.69, 9.17) is 10.5 Å². The van der Waals surface area contributed by atoms with E-state index in [0.29, 0.717) is 17.3 Å². The number of nitrogen functional groups attached to an aromatic ring is 1. The second-order valence-electron chi connectivity index (χ2n) is 9.58. The molecule has 0 spiro atoms. The Morgan fingerprint density at radius 3 is 2.52 bits per heavy atom. The van der Waals surface area contributed by atoms with Crippen molar-refractivity contribution in [1.29, 1.82) is 0 Å². The number of hydrogen-bond donors (Lipinski definition) is 2. The highest BCUT2D eigenvalue weighted by Gasteiger charge is 2.20. The number of likely N-dealkylation sites (N-methyl/N-ethyl adjacent to an activating group) is 1. The topological polar surface area (TPSA) is 119 Å². The van der Waals surface area contributed by atoms with Gasteiger partial charge >= 0.3 is 0 Å². The molecule has 3 aromatic heterocycles. The van der Waals surface area contributed by atoms with Crippen LogP contribution in [0, 0.1) is 0 Å². The minimum absolute atomic E-state index is 0.156. The summed E-state index contributed by atoms with van der Waals surface area (Å²) in [5.41, 5.74) is 12.4. The van der Waals surface area contributed by atoms with Crippen LogP contribution in [0.1, 0.15) is 22.8 Å². The lowest BCUT2D eigenvalue weighted by molar-refractivity contribution is 0.112. The summed E-state index contributed by atoms with van der Waals surface area (Å²) < 4.78 is 5.31. The van der Waals surface area contributed by atoms with Gasteiger partial charge in [-0.2, -0.15) is 4.98 Å². The molecule has 2 aromatic carbocycles. The number of nitrogens with one attached hydrogen (secondary N) is 1. The smallest absolute Gasteiger partial charge is 0.221 e. The number of para-hydroxylation sites is 1. The predicted molar refractivity (Wildman–Crippen MR) is 167 cm³/mol. The number of rotatable bonds is 10. The molecule has 0 saturated heterocycles. The molecule has 0 radical (unpaired) electrons. The number of carbonyl (C=O) groups is 1. The van der Waals surface area contributed by atoms with Gasteiger partial charge in [0.1, 0.15) is 5.82 Å². The first-order valence-corrected chi connectivity index (χ1v) is 13.4. The van der Waals surface area contributed by atoms with Crippen LogP contribution >= 0.6 is 0 Å². The zero-order valence-electron chi connectivity index (χ0n) is 23.6. The van der Waals surface area contributed by atoms with Crippen molar-refractivity contribution in [2.24, 2.45) is 0 Å². The molecule has 9 heteroatoms. The largest absolute Gasteiger partial charge is 0.481 e. The Morgan fingerprint density at radius 2 is 1.79 bits per heavy atom. The maximum Gasteiger partial charge on any atom is 0.221 e. The minimum Gasteiger partial charge on any atom is -0.481 e. The molecule has 0 amide bonds. The summed E-state index contributed by atoms with van der Waals surface area (Å²) >= 11 is 0. The van der Waals surface area contributed by atoms with E-state index in [1.165, 1.54) is 0 Å². The summed E-state index contributed by atoms with van der Waals surface area (Å²) in [7, 11) is 3.56. The van der Waals surface area contributed by atoms with E-state index in [1.54, 1.807) is 31.9 Å². The van der Waals surface area contributed by atoms with Gasteiger partial charge in [0.25, 0.3) is 0 Å². The number of pyridine rings is 2. The number of aldehydes is 1. The summed E-state index contributed by atoms with van der Waals surface area (Å²) in [5.74, 6) is 1.20. The number of hydrogen-bond acceptors (Lipinski definition) is 9. The molecule has 42 heavy (non-hydrogen) atoms. The van der Waals surface area contributed by atoms with Crippen molar-refractivity contribution in [3.63, 3.8) is 0 Å². The fourth-order valence-electron chi connectivity index (χ4n) is 4.77. The van der Waals surface area contributed by atoms with Gasteiger partial charge in [-0.15, -0.1) is 0 Å². The van der Waals surface area contributed by atoms with Crippen LogP contribution in [-0.2, 0) is 0 Å².